The predicted molar refractivity (Wildman–Crippen MR) is 23.9 cm³/mol. The first-order valence-corrected chi connectivity index (χ1v) is 1.81. The lowest BCUT2D eigenvalue weighted by molar-refractivity contribution is 0.188. The van der Waals surface area contributed by atoms with Crippen LogP contribution in [0.25, 0.3) is 0 Å². The van der Waals surface area contributed by atoms with Gasteiger partial charge in [-0.2, -0.15) is 5.26 Å². The minimum absolute atomic E-state index is 0.616. The maximum absolute atomic E-state index is 11.3. The lowest BCUT2D eigenvalue weighted by Gasteiger charge is -1.91. The summed E-state index contributed by atoms with van der Waals surface area (Å²) in [5.74, 6) is 0. The van der Waals surface area contributed by atoms with E-state index in [9.17, 15) is 8.78 Å². The number of nitrogens with zero attached hydrogens (tertiary/aromatic N) is 1. The number of halogens is 2. The molecule has 2 N–H and O–H groups in total. The molecule has 0 atom stereocenters. The summed E-state index contributed by atoms with van der Waals surface area (Å²) >= 11 is 0. The van der Waals surface area contributed by atoms with Crippen LogP contribution in [0.3, 0.4) is 0 Å². The van der Waals surface area contributed by atoms with Crippen LogP contribution in [0.15, 0.2) is 11.8 Å². The molecule has 0 radical (unpaired) electrons. The highest BCUT2D eigenvalue weighted by molar-refractivity contribution is 5.11. The van der Waals surface area contributed by atoms with E-state index >= 15 is 0 Å². The van der Waals surface area contributed by atoms with Crippen molar-refractivity contribution in [2.75, 3.05) is 0 Å². The number of allylic oxidation sites excluding steroid dienone is 2. The van der Waals surface area contributed by atoms with Gasteiger partial charge in [0.05, 0.1) is 11.8 Å². The fraction of sp³-hybridized carbons (Fsp3) is 0.250. The van der Waals surface area contributed by atoms with Crippen molar-refractivity contribution in [2.24, 2.45) is 5.73 Å². The van der Waals surface area contributed by atoms with Crippen LogP contribution in [-0.2, 0) is 0 Å². The molecular weight excluding hydrogens is 114 g/mol. The molecule has 4 heteroatoms. The molecule has 2 nitrogen and oxygen atoms in total. The number of alkyl halides is 2. The molecule has 44 valence electrons. The molecule has 0 fully saturated rings. The summed E-state index contributed by atoms with van der Waals surface area (Å²) in [6, 6.07) is 1.38. The molecule has 0 saturated carbocycles. The van der Waals surface area contributed by atoms with E-state index in [2.05, 4.69) is 5.73 Å². The molecule has 0 spiro atoms. The summed E-state index contributed by atoms with van der Waals surface area (Å²) in [6.07, 6.45) is -2.10. The molecule has 0 bridgehead atoms. The standard InChI is InChI=1S/C4H4F2N2/c5-4(6)3(8)1-2-7/h1,4H,8H2/b3-1-. The largest absolute Gasteiger partial charge is 0.397 e. The van der Waals surface area contributed by atoms with Crippen molar-refractivity contribution in [3.63, 3.8) is 0 Å². The second-order valence-electron chi connectivity index (χ2n) is 1.07. The first kappa shape index (κ1) is 6.89. The average Bonchev–Trinajstić information content (AvgIpc) is 1.67. The number of hydrogen-bond donors (Lipinski definition) is 1. The highest BCUT2D eigenvalue weighted by Crippen LogP contribution is 1.99. The second-order valence-corrected chi connectivity index (χ2v) is 1.07. The summed E-state index contributed by atoms with van der Waals surface area (Å²) in [4.78, 5) is 0. The van der Waals surface area contributed by atoms with E-state index in [1.54, 1.807) is 0 Å². The first-order chi connectivity index (χ1) is 3.68. The first-order valence-electron chi connectivity index (χ1n) is 1.81. The molecule has 0 aliphatic carbocycles. The smallest absolute Gasteiger partial charge is 0.278 e. The van der Waals surface area contributed by atoms with E-state index in [0.717, 1.165) is 0 Å². The summed E-state index contributed by atoms with van der Waals surface area (Å²) in [7, 11) is 0. The van der Waals surface area contributed by atoms with Crippen LogP contribution in [0.2, 0.25) is 0 Å². The third-order valence-corrected chi connectivity index (χ3v) is 0.483. The van der Waals surface area contributed by atoms with E-state index in [1.165, 1.54) is 6.07 Å². The van der Waals surface area contributed by atoms with Crippen LogP contribution >= 0.6 is 0 Å². The number of nitriles is 1. The normalized spacial score (nSPS) is 11.5. The van der Waals surface area contributed by atoms with Crippen molar-refractivity contribution in [1.29, 1.82) is 5.26 Å². The Bertz CT molecular complexity index is 133. The molecule has 0 saturated heterocycles. The number of nitrogens with two attached hydrogens (primary N) is 1. The molecule has 0 amide bonds. The van der Waals surface area contributed by atoms with Gasteiger partial charge >= 0.3 is 0 Å². The Labute approximate surface area is 45.2 Å². The molecule has 0 aliphatic heterocycles. The zero-order valence-corrected chi connectivity index (χ0v) is 3.94. The zero-order chi connectivity index (χ0) is 6.57. The van der Waals surface area contributed by atoms with E-state index in [-0.39, 0.29) is 0 Å². The van der Waals surface area contributed by atoms with Crippen molar-refractivity contribution in [3.8, 4) is 6.07 Å². The van der Waals surface area contributed by atoms with Crippen LogP contribution in [0.4, 0.5) is 8.78 Å². The summed E-state index contributed by atoms with van der Waals surface area (Å²) < 4.78 is 22.5. The van der Waals surface area contributed by atoms with Crippen molar-refractivity contribution in [2.45, 2.75) is 6.43 Å². The quantitative estimate of drug-likeness (QED) is 0.513. The molecule has 0 heterocycles. The van der Waals surface area contributed by atoms with E-state index < -0.39 is 12.1 Å². The lowest BCUT2D eigenvalue weighted by Crippen LogP contribution is -2.06. The summed E-state index contributed by atoms with van der Waals surface area (Å²) in [6.45, 7) is 0. The van der Waals surface area contributed by atoms with Gasteiger partial charge < -0.3 is 5.73 Å². The predicted octanol–water partition coefficient (Wildman–Crippen LogP) is 0.618. The molecule has 0 aliphatic rings. The van der Waals surface area contributed by atoms with Crippen LogP contribution in [0, 0.1) is 11.3 Å². The molecule has 0 rings (SSSR count). The molecule has 8 heavy (non-hydrogen) atoms. The average molecular weight is 118 g/mol. The Morgan fingerprint density at radius 2 is 2.25 bits per heavy atom. The van der Waals surface area contributed by atoms with Crippen molar-refractivity contribution in [3.05, 3.63) is 11.8 Å². The van der Waals surface area contributed by atoms with E-state index in [0.29, 0.717) is 6.08 Å². The Morgan fingerprint density at radius 3 is 2.38 bits per heavy atom. The topological polar surface area (TPSA) is 49.8 Å². The zero-order valence-electron chi connectivity index (χ0n) is 3.94. The maximum atomic E-state index is 11.3. The van der Waals surface area contributed by atoms with E-state index in [4.69, 9.17) is 5.26 Å². The lowest BCUT2D eigenvalue weighted by atomic mass is 10.4. The second kappa shape index (κ2) is 2.97. The van der Waals surface area contributed by atoms with Crippen molar-refractivity contribution >= 4 is 0 Å². The number of hydrogen-bond acceptors (Lipinski definition) is 2. The minimum atomic E-state index is -2.71. The van der Waals surface area contributed by atoms with Crippen LogP contribution in [-0.4, -0.2) is 6.43 Å². The van der Waals surface area contributed by atoms with Gasteiger partial charge in [-0.1, -0.05) is 0 Å². The summed E-state index contributed by atoms with van der Waals surface area (Å²) in [5.41, 5.74) is 3.93. The molecule has 0 unspecified atom stereocenters. The van der Waals surface area contributed by atoms with Gasteiger partial charge in [0.15, 0.2) is 0 Å². The third kappa shape index (κ3) is 2.13. The van der Waals surface area contributed by atoms with Gasteiger partial charge in [-0.3, -0.25) is 0 Å². The molecule has 0 aromatic heterocycles. The minimum Gasteiger partial charge on any atom is -0.397 e. The maximum Gasteiger partial charge on any atom is 0.278 e. The van der Waals surface area contributed by atoms with Gasteiger partial charge in [0.25, 0.3) is 6.43 Å². The molecular formula is C4H4F2N2. The summed E-state index contributed by atoms with van der Waals surface area (Å²) in [5, 5.41) is 7.75. The fourth-order valence-electron chi connectivity index (χ4n) is 0.138. The Morgan fingerprint density at radius 1 is 1.75 bits per heavy atom. The van der Waals surface area contributed by atoms with Crippen LogP contribution in [0.1, 0.15) is 0 Å². The monoisotopic (exact) mass is 118 g/mol. The Balaban J connectivity index is 3.85. The van der Waals surface area contributed by atoms with Gasteiger partial charge in [0.1, 0.15) is 0 Å². The van der Waals surface area contributed by atoms with Gasteiger partial charge in [-0.15, -0.1) is 0 Å². The fourth-order valence-corrected chi connectivity index (χ4v) is 0.138. The van der Waals surface area contributed by atoms with E-state index in [1.807, 2.05) is 0 Å². The molecule has 0 aromatic rings. The van der Waals surface area contributed by atoms with Crippen LogP contribution < -0.4 is 5.73 Å². The van der Waals surface area contributed by atoms with Crippen LogP contribution in [0.5, 0.6) is 0 Å². The van der Waals surface area contributed by atoms with Gasteiger partial charge in [0.2, 0.25) is 0 Å². The highest BCUT2D eigenvalue weighted by atomic mass is 19.3. The third-order valence-electron chi connectivity index (χ3n) is 0.483. The Kier molecular flexibility index (Phi) is 2.56. The highest BCUT2D eigenvalue weighted by Gasteiger charge is 2.03. The van der Waals surface area contributed by atoms with Crippen molar-refractivity contribution in [1.82, 2.24) is 0 Å². The Hall–Kier alpha value is -1.11. The SMILES string of the molecule is N#C/C=C(\N)C(F)F. The van der Waals surface area contributed by atoms with Gasteiger partial charge in [-0.05, 0) is 0 Å². The van der Waals surface area contributed by atoms with Crippen molar-refractivity contribution < 1.29 is 8.78 Å². The number of rotatable bonds is 1. The molecule has 0 aromatic carbocycles. The van der Waals surface area contributed by atoms with Gasteiger partial charge in [-0.25, -0.2) is 8.78 Å². The van der Waals surface area contributed by atoms with Gasteiger partial charge in [0, 0.05) is 6.08 Å².